The fourth-order valence-electron chi connectivity index (χ4n) is 1.43. The van der Waals surface area contributed by atoms with Crippen molar-refractivity contribution >= 4 is 0 Å². The van der Waals surface area contributed by atoms with Crippen LogP contribution in [0.25, 0.3) is 0 Å². The van der Waals surface area contributed by atoms with Gasteiger partial charge in [0.1, 0.15) is 17.4 Å². The Bertz CT molecular complexity index is 608. The second kappa shape index (κ2) is 5.00. The summed E-state index contributed by atoms with van der Waals surface area (Å²) in [5.74, 6) is 0.681. The smallest absolute Gasteiger partial charge is 0.254 e. The van der Waals surface area contributed by atoms with Crippen molar-refractivity contribution in [2.45, 2.75) is 19.8 Å². The molecule has 5 heteroatoms. The Morgan fingerprint density at radius 3 is 2.78 bits per heavy atom. The molecule has 0 bridgehead atoms. The van der Waals surface area contributed by atoms with Crippen LogP contribution in [0.5, 0.6) is 11.6 Å². The molecule has 1 aromatic heterocycles. The van der Waals surface area contributed by atoms with Crippen molar-refractivity contribution in [3.8, 4) is 11.6 Å². The number of nitrogens with zero attached hydrogens (tertiary/aromatic N) is 1. The molecule has 1 aromatic carbocycles. The molecule has 0 spiro atoms. The zero-order chi connectivity index (χ0) is 13.1. The standard InChI is InChI=1S/C13H13FN2O2/c1-8(2)13-15-11(17)7-12(16-13)18-10-5-3-4-9(14)6-10/h3-8H,1-2H3,(H,15,16,17). The van der Waals surface area contributed by atoms with Gasteiger partial charge in [-0.3, -0.25) is 4.79 Å². The third kappa shape index (κ3) is 2.94. The number of H-pyrrole nitrogens is 1. The molecular formula is C13H13FN2O2. The fourth-order valence-corrected chi connectivity index (χ4v) is 1.43. The number of aromatic amines is 1. The van der Waals surface area contributed by atoms with Gasteiger partial charge in [-0.2, -0.15) is 4.98 Å². The van der Waals surface area contributed by atoms with Crippen molar-refractivity contribution in [1.82, 2.24) is 9.97 Å². The predicted molar refractivity (Wildman–Crippen MR) is 65.4 cm³/mol. The summed E-state index contributed by atoms with van der Waals surface area (Å²) in [6, 6.07) is 6.91. The van der Waals surface area contributed by atoms with E-state index < -0.39 is 5.82 Å². The van der Waals surface area contributed by atoms with Crippen LogP contribution in [0.2, 0.25) is 0 Å². The van der Waals surface area contributed by atoms with Gasteiger partial charge in [-0.25, -0.2) is 4.39 Å². The maximum Gasteiger partial charge on any atom is 0.254 e. The molecule has 0 atom stereocenters. The highest BCUT2D eigenvalue weighted by molar-refractivity contribution is 5.27. The van der Waals surface area contributed by atoms with Crippen molar-refractivity contribution in [3.63, 3.8) is 0 Å². The van der Waals surface area contributed by atoms with E-state index >= 15 is 0 Å². The molecule has 1 heterocycles. The SMILES string of the molecule is CC(C)c1nc(Oc2cccc(F)c2)cc(=O)[nH]1. The first-order chi connectivity index (χ1) is 8.54. The summed E-state index contributed by atoms with van der Waals surface area (Å²) < 4.78 is 18.3. The van der Waals surface area contributed by atoms with Crippen molar-refractivity contribution in [2.24, 2.45) is 0 Å². The number of ether oxygens (including phenoxy) is 1. The summed E-state index contributed by atoms with van der Waals surface area (Å²) in [6.45, 7) is 3.81. The lowest BCUT2D eigenvalue weighted by atomic mass is 10.2. The summed E-state index contributed by atoms with van der Waals surface area (Å²) in [4.78, 5) is 18.2. The van der Waals surface area contributed by atoms with Crippen molar-refractivity contribution in [3.05, 3.63) is 52.3 Å². The van der Waals surface area contributed by atoms with E-state index in [1.807, 2.05) is 13.8 Å². The average Bonchev–Trinajstić information content (AvgIpc) is 2.28. The van der Waals surface area contributed by atoms with E-state index in [-0.39, 0.29) is 17.4 Å². The average molecular weight is 248 g/mol. The number of nitrogens with one attached hydrogen (secondary N) is 1. The van der Waals surface area contributed by atoms with Gasteiger partial charge < -0.3 is 9.72 Å². The van der Waals surface area contributed by atoms with Gasteiger partial charge in [0.25, 0.3) is 5.56 Å². The summed E-state index contributed by atoms with van der Waals surface area (Å²) in [5, 5.41) is 0. The molecule has 2 aromatic rings. The Morgan fingerprint density at radius 1 is 1.33 bits per heavy atom. The first-order valence-corrected chi connectivity index (χ1v) is 5.59. The molecular weight excluding hydrogens is 235 g/mol. The molecule has 0 saturated heterocycles. The van der Waals surface area contributed by atoms with E-state index in [0.29, 0.717) is 11.6 Å². The Morgan fingerprint density at radius 2 is 2.11 bits per heavy atom. The highest BCUT2D eigenvalue weighted by Crippen LogP contribution is 2.20. The molecule has 0 unspecified atom stereocenters. The van der Waals surface area contributed by atoms with Crippen LogP contribution >= 0.6 is 0 Å². The first kappa shape index (κ1) is 12.3. The molecule has 18 heavy (non-hydrogen) atoms. The Labute approximate surface area is 103 Å². The lowest BCUT2D eigenvalue weighted by Crippen LogP contribution is -2.11. The summed E-state index contributed by atoms with van der Waals surface area (Å²) in [5.41, 5.74) is -0.292. The molecule has 2 rings (SSSR count). The van der Waals surface area contributed by atoms with Crippen molar-refractivity contribution in [1.29, 1.82) is 0 Å². The predicted octanol–water partition coefficient (Wildman–Crippen LogP) is 2.82. The van der Waals surface area contributed by atoms with Gasteiger partial charge in [0.15, 0.2) is 0 Å². The van der Waals surface area contributed by atoms with Crippen molar-refractivity contribution < 1.29 is 9.13 Å². The monoisotopic (exact) mass is 248 g/mol. The van der Waals surface area contributed by atoms with Crippen LogP contribution in [-0.4, -0.2) is 9.97 Å². The van der Waals surface area contributed by atoms with Gasteiger partial charge in [-0.1, -0.05) is 19.9 Å². The van der Waals surface area contributed by atoms with E-state index in [9.17, 15) is 9.18 Å². The highest BCUT2D eigenvalue weighted by Gasteiger charge is 2.07. The molecule has 0 saturated carbocycles. The van der Waals surface area contributed by atoms with Crippen LogP contribution in [0.15, 0.2) is 35.1 Å². The van der Waals surface area contributed by atoms with Crippen LogP contribution in [0.3, 0.4) is 0 Å². The third-order valence-electron chi connectivity index (χ3n) is 2.30. The quantitative estimate of drug-likeness (QED) is 0.908. The highest BCUT2D eigenvalue weighted by atomic mass is 19.1. The van der Waals surface area contributed by atoms with E-state index in [2.05, 4.69) is 9.97 Å². The minimum absolute atomic E-state index is 0.0776. The molecule has 0 fully saturated rings. The number of rotatable bonds is 3. The minimum atomic E-state index is -0.401. The largest absolute Gasteiger partial charge is 0.439 e. The van der Waals surface area contributed by atoms with Crippen molar-refractivity contribution in [2.75, 3.05) is 0 Å². The second-order valence-electron chi connectivity index (χ2n) is 4.18. The minimum Gasteiger partial charge on any atom is -0.439 e. The molecule has 94 valence electrons. The normalized spacial score (nSPS) is 10.7. The maximum absolute atomic E-state index is 13.0. The van der Waals surface area contributed by atoms with Crippen LogP contribution in [0, 0.1) is 5.82 Å². The Balaban J connectivity index is 2.32. The number of hydrogen-bond acceptors (Lipinski definition) is 3. The van der Waals surface area contributed by atoms with Crippen LogP contribution in [0.1, 0.15) is 25.6 Å². The van der Waals surface area contributed by atoms with E-state index in [0.717, 1.165) is 0 Å². The van der Waals surface area contributed by atoms with Gasteiger partial charge in [0, 0.05) is 12.0 Å². The zero-order valence-corrected chi connectivity index (χ0v) is 10.1. The fraction of sp³-hybridized carbons (Fsp3) is 0.231. The lowest BCUT2D eigenvalue weighted by molar-refractivity contribution is 0.451. The van der Waals surface area contributed by atoms with Crippen LogP contribution < -0.4 is 10.3 Å². The molecule has 4 nitrogen and oxygen atoms in total. The van der Waals surface area contributed by atoms with Gasteiger partial charge in [-0.15, -0.1) is 0 Å². The van der Waals surface area contributed by atoms with Crippen LogP contribution in [-0.2, 0) is 0 Å². The van der Waals surface area contributed by atoms with E-state index in [4.69, 9.17) is 4.74 Å². The number of benzene rings is 1. The van der Waals surface area contributed by atoms with Gasteiger partial charge in [0.2, 0.25) is 5.88 Å². The second-order valence-corrected chi connectivity index (χ2v) is 4.18. The number of hydrogen-bond donors (Lipinski definition) is 1. The summed E-state index contributed by atoms with van der Waals surface area (Å²) >= 11 is 0. The van der Waals surface area contributed by atoms with Gasteiger partial charge >= 0.3 is 0 Å². The number of halogens is 1. The summed E-state index contributed by atoms with van der Waals surface area (Å²) in [7, 11) is 0. The topological polar surface area (TPSA) is 55.0 Å². The molecule has 0 amide bonds. The lowest BCUT2D eigenvalue weighted by Gasteiger charge is -2.08. The Hall–Kier alpha value is -2.17. The molecule has 1 N–H and O–H groups in total. The first-order valence-electron chi connectivity index (χ1n) is 5.59. The third-order valence-corrected chi connectivity index (χ3v) is 2.30. The summed E-state index contributed by atoms with van der Waals surface area (Å²) in [6.07, 6.45) is 0. The van der Waals surface area contributed by atoms with E-state index in [1.165, 1.54) is 24.3 Å². The van der Waals surface area contributed by atoms with Crippen LogP contribution in [0.4, 0.5) is 4.39 Å². The molecule has 0 radical (unpaired) electrons. The number of aromatic nitrogens is 2. The van der Waals surface area contributed by atoms with E-state index in [1.54, 1.807) is 6.07 Å². The zero-order valence-electron chi connectivity index (χ0n) is 10.1. The Kier molecular flexibility index (Phi) is 3.41. The molecule has 0 aliphatic carbocycles. The molecule has 0 aliphatic rings. The maximum atomic E-state index is 13.0. The van der Waals surface area contributed by atoms with Gasteiger partial charge in [0.05, 0.1) is 6.07 Å². The van der Waals surface area contributed by atoms with Gasteiger partial charge in [-0.05, 0) is 12.1 Å². The molecule has 0 aliphatic heterocycles.